The Morgan fingerprint density at radius 3 is 2.71 bits per heavy atom. The zero-order chi connectivity index (χ0) is 15.6. The number of hydrogen-bond donors (Lipinski definition) is 5. The summed E-state index contributed by atoms with van der Waals surface area (Å²) < 4.78 is 17.2. The Kier molecular flexibility index (Phi) is 4.40. The van der Waals surface area contributed by atoms with E-state index in [1.807, 2.05) is 0 Å². The van der Waals surface area contributed by atoms with Crippen molar-refractivity contribution in [3.8, 4) is 0 Å². The summed E-state index contributed by atoms with van der Waals surface area (Å²) in [5, 5.41) is 9.21. The molecule has 0 aliphatic heterocycles. The third kappa shape index (κ3) is 3.86. The fourth-order valence-electron chi connectivity index (χ4n) is 1.70. The lowest BCUT2D eigenvalue weighted by atomic mass is 10.3. The van der Waals surface area contributed by atoms with E-state index < -0.39 is 26.7 Å². The molecule has 21 heavy (non-hydrogen) atoms. The standard InChI is InChI=1S/C9H15N6O5P/c10-7-6-8(14-9(11)13-7)15(3-12-6)1-5(2-16)20-4-21(17,18)19/h3,5,16H,1-2,4H2,(H2,17,18,19)(H4,10,11,13,14). The summed E-state index contributed by atoms with van der Waals surface area (Å²) in [7, 11) is -4.31. The number of rotatable bonds is 6. The molecule has 2 aromatic heterocycles. The van der Waals surface area contributed by atoms with Gasteiger partial charge in [-0.2, -0.15) is 9.97 Å². The molecule has 0 spiro atoms. The van der Waals surface area contributed by atoms with E-state index in [9.17, 15) is 9.67 Å². The van der Waals surface area contributed by atoms with Gasteiger partial charge in [0.15, 0.2) is 11.5 Å². The van der Waals surface area contributed by atoms with Crippen LogP contribution in [-0.4, -0.2) is 53.5 Å². The summed E-state index contributed by atoms with van der Waals surface area (Å²) in [6, 6.07) is 0. The van der Waals surface area contributed by atoms with Crippen LogP contribution in [0.3, 0.4) is 0 Å². The summed E-state index contributed by atoms with van der Waals surface area (Å²) in [4.78, 5) is 29.3. The predicted molar refractivity (Wildman–Crippen MR) is 73.0 cm³/mol. The summed E-state index contributed by atoms with van der Waals surface area (Å²) in [6.45, 7) is -0.362. The number of nitrogens with two attached hydrogens (primary N) is 2. The van der Waals surface area contributed by atoms with Crippen molar-refractivity contribution in [1.82, 2.24) is 19.5 Å². The number of ether oxygens (including phenoxy) is 1. The van der Waals surface area contributed by atoms with E-state index in [1.54, 1.807) is 0 Å². The van der Waals surface area contributed by atoms with Gasteiger partial charge in [-0.25, -0.2) is 4.98 Å². The topological polar surface area (TPSA) is 183 Å². The van der Waals surface area contributed by atoms with Crippen molar-refractivity contribution in [1.29, 1.82) is 0 Å². The largest absolute Gasteiger partial charge is 0.394 e. The Hall–Kier alpha value is -1.78. The average molecular weight is 318 g/mol. The zero-order valence-corrected chi connectivity index (χ0v) is 11.7. The molecule has 2 heterocycles. The molecule has 0 saturated heterocycles. The van der Waals surface area contributed by atoms with Gasteiger partial charge in [0.25, 0.3) is 0 Å². The molecular weight excluding hydrogens is 303 g/mol. The first kappa shape index (κ1) is 15.6. The second-order valence-electron chi connectivity index (χ2n) is 4.30. The Morgan fingerprint density at radius 1 is 1.38 bits per heavy atom. The van der Waals surface area contributed by atoms with Crippen LogP contribution in [0.2, 0.25) is 0 Å². The van der Waals surface area contributed by atoms with Crippen molar-refractivity contribution in [3.63, 3.8) is 0 Å². The van der Waals surface area contributed by atoms with Gasteiger partial charge in [-0.15, -0.1) is 0 Å². The van der Waals surface area contributed by atoms with E-state index in [0.717, 1.165) is 0 Å². The number of aromatic nitrogens is 4. The lowest BCUT2D eigenvalue weighted by Gasteiger charge is -2.16. The van der Waals surface area contributed by atoms with Crippen LogP contribution in [0.15, 0.2) is 6.33 Å². The van der Waals surface area contributed by atoms with Crippen LogP contribution in [0.1, 0.15) is 0 Å². The van der Waals surface area contributed by atoms with Crippen molar-refractivity contribution in [2.75, 3.05) is 24.4 Å². The van der Waals surface area contributed by atoms with Crippen LogP contribution >= 0.6 is 7.60 Å². The second kappa shape index (κ2) is 5.92. The average Bonchev–Trinajstić information content (AvgIpc) is 2.76. The lowest BCUT2D eigenvalue weighted by molar-refractivity contribution is 0.0202. The van der Waals surface area contributed by atoms with Crippen LogP contribution in [0.4, 0.5) is 11.8 Å². The Labute approximate surface area is 118 Å². The number of hydrogen-bond acceptors (Lipinski definition) is 8. The van der Waals surface area contributed by atoms with E-state index in [4.69, 9.17) is 26.0 Å². The molecule has 7 N–H and O–H groups in total. The first-order valence-electron chi connectivity index (χ1n) is 5.81. The van der Waals surface area contributed by atoms with Gasteiger partial charge in [0.05, 0.1) is 25.6 Å². The van der Waals surface area contributed by atoms with Gasteiger partial charge in [0, 0.05) is 0 Å². The SMILES string of the molecule is Nc1nc(N)c2ncn(CC(CO)OCP(=O)(O)O)c2n1. The quantitative estimate of drug-likeness (QED) is 0.393. The van der Waals surface area contributed by atoms with Gasteiger partial charge in [-0.3, -0.25) is 4.57 Å². The summed E-state index contributed by atoms with van der Waals surface area (Å²) >= 11 is 0. The van der Waals surface area contributed by atoms with E-state index in [2.05, 4.69) is 15.0 Å². The number of nitrogens with zero attached hydrogens (tertiary/aromatic N) is 4. The maximum atomic E-state index is 10.8. The molecule has 0 aliphatic carbocycles. The molecular formula is C9H15N6O5P. The van der Waals surface area contributed by atoms with Crippen LogP contribution < -0.4 is 11.5 Å². The fourth-order valence-corrected chi connectivity index (χ4v) is 2.11. The van der Waals surface area contributed by atoms with Gasteiger partial charge in [-0.05, 0) is 0 Å². The summed E-state index contributed by atoms with van der Waals surface area (Å²) in [5.74, 6) is 0.0892. The number of aliphatic hydroxyl groups is 1. The maximum absolute atomic E-state index is 10.8. The first-order chi connectivity index (χ1) is 9.80. The Morgan fingerprint density at radius 2 is 2.10 bits per heavy atom. The van der Waals surface area contributed by atoms with Crippen molar-refractivity contribution < 1.29 is 24.2 Å². The van der Waals surface area contributed by atoms with Gasteiger partial charge >= 0.3 is 7.60 Å². The molecule has 12 heteroatoms. The fraction of sp³-hybridized carbons (Fsp3) is 0.444. The van der Waals surface area contributed by atoms with Crippen LogP contribution in [0.25, 0.3) is 11.2 Å². The number of imidazole rings is 1. The summed E-state index contributed by atoms with van der Waals surface area (Å²) in [6.07, 6.45) is -0.226. The van der Waals surface area contributed by atoms with Gasteiger partial charge in [0.2, 0.25) is 5.95 Å². The second-order valence-corrected chi connectivity index (χ2v) is 5.89. The van der Waals surface area contributed by atoms with Crippen molar-refractivity contribution in [3.05, 3.63) is 6.33 Å². The molecule has 0 bridgehead atoms. The highest BCUT2D eigenvalue weighted by Gasteiger charge is 2.19. The third-order valence-corrected chi connectivity index (χ3v) is 3.08. The normalized spacial score (nSPS) is 13.7. The van der Waals surface area contributed by atoms with Gasteiger partial charge in [-0.1, -0.05) is 0 Å². The minimum atomic E-state index is -4.31. The van der Waals surface area contributed by atoms with E-state index >= 15 is 0 Å². The molecule has 0 amide bonds. The highest BCUT2D eigenvalue weighted by Crippen LogP contribution is 2.34. The van der Waals surface area contributed by atoms with Crippen molar-refractivity contribution in [2.24, 2.45) is 0 Å². The Balaban J connectivity index is 2.20. The van der Waals surface area contributed by atoms with Crippen LogP contribution in [0, 0.1) is 0 Å². The number of anilines is 2. The predicted octanol–water partition coefficient (Wildman–Crippen LogP) is -1.50. The molecule has 0 aliphatic rings. The van der Waals surface area contributed by atoms with Crippen LogP contribution in [0.5, 0.6) is 0 Å². The molecule has 0 fully saturated rings. The van der Waals surface area contributed by atoms with Crippen molar-refractivity contribution in [2.45, 2.75) is 12.6 Å². The first-order valence-corrected chi connectivity index (χ1v) is 7.61. The molecule has 0 radical (unpaired) electrons. The molecule has 1 atom stereocenters. The minimum absolute atomic E-state index is 0.0292. The lowest BCUT2D eigenvalue weighted by Crippen LogP contribution is -2.24. The van der Waals surface area contributed by atoms with E-state index in [1.165, 1.54) is 10.9 Å². The molecule has 0 saturated carbocycles. The van der Waals surface area contributed by atoms with E-state index in [-0.39, 0.29) is 18.3 Å². The monoisotopic (exact) mass is 318 g/mol. The minimum Gasteiger partial charge on any atom is -0.394 e. The third-order valence-electron chi connectivity index (χ3n) is 2.59. The summed E-state index contributed by atoms with van der Waals surface area (Å²) in [5.41, 5.74) is 11.9. The van der Waals surface area contributed by atoms with Crippen molar-refractivity contribution >= 4 is 30.5 Å². The molecule has 2 rings (SSSR count). The number of nitrogen functional groups attached to an aromatic ring is 2. The highest BCUT2D eigenvalue weighted by atomic mass is 31.2. The van der Waals surface area contributed by atoms with Gasteiger partial charge < -0.3 is 35.7 Å². The van der Waals surface area contributed by atoms with Crippen LogP contribution in [-0.2, 0) is 15.8 Å². The smallest absolute Gasteiger partial charge is 0.350 e. The Bertz CT molecular complexity index is 685. The zero-order valence-electron chi connectivity index (χ0n) is 10.8. The molecule has 116 valence electrons. The van der Waals surface area contributed by atoms with Gasteiger partial charge in [0.1, 0.15) is 11.9 Å². The highest BCUT2D eigenvalue weighted by molar-refractivity contribution is 7.51. The molecule has 1 unspecified atom stereocenters. The number of fused-ring (bicyclic) bond motifs is 1. The molecule has 2 aromatic rings. The number of aliphatic hydroxyl groups excluding tert-OH is 1. The van der Waals surface area contributed by atoms with E-state index in [0.29, 0.717) is 11.2 Å². The maximum Gasteiger partial charge on any atom is 0.350 e. The molecule has 11 nitrogen and oxygen atoms in total. The molecule has 0 aromatic carbocycles.